The summed E-state index contributed by atoms with van der Waals surface area (Å²) in [5, 5.41) is 2.79. The largest absolute Gasteiger partial charge is 0.498 e. The summed E-state index contributed by atoms with van der Waals surface area (Å²) in [7, 11) is -0.493. The standard InChI is InChI=1S/C29H50BN5O5/c1-19(2)23(33-26(37)38-27(5,6)7)24(36)34-14-12-21(13-15-34)18-35(20(3)4)25-31-16-22(17-32-25)30-39-28(8,9)29(10,11)40-30/h16-17,19-21,23H,12-15,18H2,1-11H3,(H,33,37)/t23-/m0/s1. The first kappa shape index (κ1) is 32.1. The number of rotatable bonds is 8. The van der Waals surface area contributed by atoms with E-state index in [2.05, 4.69) is 34.0 Å². The van der Waals surface area contributed by atoms with E-state index in [9.17, 15) is 9.59 Å². The van der Waals surface area contributed by atoms with Crippen molar-refractivity contribution in [3.63, 3.8) is 0 Å². The molecule has 0 bridgehead atoms. The second-order valence-electron chi connectivity index (χ2n) is 13.8. The summed E-state index contributed by atoms with van der Waals surface area (Å²) in [5.74, 6) is 0.970. The van der Waals surface area contributed by atoms with Crippen molar-refractivity contribution in [3.8, 4) is 0 Å². The molecule has 3 heterocycles. The van der Waals surface area contributed by atoms with Crippen molar-refractivity contribution in [2.45, 2.75) is 118 Å². The van der Waals surface area contributed by atoms with Crippen LogP contribution in [0.4, 0.5) is 10.7 Å². The van der Waals surface area contributed by atoms with E-state index < -0.39 is 36.1 Å². The van der Waals surface area contributed by atoms with Crippen LogP contribution < -0.4 is 15.7 Å². The van der Waals surface area contributed by atoms with E-state index in [1.54, 1.807) is 12.4 Å². The summed E-state index contributed by atoms with van der Waals surface area (Å²) in [6.45, 7) is 23.8. The minimum Gasteiger partial charge on any atom is -0.444 e. The molecular weight excluding hydrogens is 509 g/mol. The molecule has 2 aliphatic rings. The van der Waals surface area contributed by atoms with Gasteiger partial charge >= 0.3 is 13.2 Å². The number of carbonyl (C=O) groups excluding carboxylic acids is 2. The predicted octanol–water partition coefficient (Wildman–Crippen LogP) is 3.78. The molecule has 2 fully saturated rings. The van der Waals surface area contributed by atoms with Gasteiger partial charge in [0.1, 0.15) is 11.6 Å². The quantitative estimate of drug-likeness (QED) is 0.480. The van der Waals surface area contributed by atoms with Crippen molar-refractivity contribution in [2.24, 2.45) is 11.8 Å². The Morgan fingerprint density at radius 1 is 1.07 bits per heavy atom. The molecule has 1 aromatic heterocycles. The van der Waals surface area contributed by atoms with Gasteiger partial charge in [0.25, 0.3) is 0 Å². The zero-order valence-electron chi connectivity index (χ0n) is 26.4. The minimum absolute atomic E-state index is 0.0496. The molecule has 3 rings (SSSR count). The number of carbonyl (C=O) groups is 2. The molecule has 1 aromatic rings. The molecule has 2 amide bonds. The average molecular weight is 560 g/mol. The summed E-state index contributed by atoms with van der Waals surface area (Å²) < 4.78 is 17.7. The van der Waals surface area contributed by atoms with E-state index in [-0.39, 0.29) is 17.9 Å². The molecule has 0 radical (unpaired) electrons. The summed E-state index contributed by atoms with van der Waals surface area (Å²) in [5.41, 5.74) is -0.655. The van der Waals surface area contributed by atoms with E-state index in [0.717, 1.165) is 24.8 Å². The van der Waals surface area contributed by atoms with Crippen molar-refractivity contribution in [3.05, 3.63) is 12.4 Å². The van der Waals surface area contributed by atoms with Crippen molar-refractivity contribution in [1.29, 1.82) is 0 Å². The number of aromatic nitrogens is 2. The van der Waals surface area contributed by atoms with Crippen LogP contribution in [-0.4, -0.2) is 82.5 Å². The third-order valence-corrected chi connectivity index (χ3v) is 8.05. The Balaban J connectivity index is 1.58. The molecule has 11 heteroatoms. The number of hydrogen-bond donors (Lipinski definition) is 1. The van der Waals surface area contributed by atoms with Crippen LogP contribution >= 0.6 is 0 Å². The van der Waals surface area contributed by atoms with Crippen LogP contribution in [0, 0.1) is 11.8 Å². The van der Waals surface area contributed by atoms with Gasteiger partial charge in [0.2, 0.25) is 11.9 Å². The van der Waals surface area contributed by atoms with Crippen LogP contribution in [0.5, 0.6) is 0 Å². The van der Waals surface area contributed by atoms with Crippen molar-refractivity contribution >= 4 is 30.5 Å². The highest BCUT2D eigenvalue weighted by atomic mass is 16.7. The van der Waals surface area contributed by atoms with Gasteiger partial charge < -0.3 is 29.2 Å². The maximum absolute atomic E-state index is 13.3. The molecule has 0 spiro atoms. The fourth-order valence-electron chi connectivity index (χ4n) is 4.86. The first-order chi connectivity index (χ1) is 18.4. The molecular formula is C29H50BN5O5. The third kappa shape index (κ3) is 7.87. The molecule has 0 unspecified atom stereocenters. The number of alkyl carbamates (subject to hydrolysis) is 1. The Bertz CT molecular complexity index is 1000. The number of piperidine rings is 1. The van der Waals surface area contributed by atoms with E-state index in [1.165, 1.54) is 0 Å². The Labute approximate surface area is 241 Å². The third-order valence-electron chi connectivity index (χ3n) is 8.05. The van der Waals surface area contributed by atoms with Crippen LogP contribution in [0.15, 0.2) is 12.4 Å². The number of nitrogens with one attached hydrogen (secondary N) is 1. The lowest BCUT2D eigenvalue weighted by molar-refractivity contribution is -0.136. The molecule has 1 atom stereocenters. The summed E-state index contributed by atoms with van der Waals surface area (Å²) in [6, 6.07) is -0.403. The maximum Gasteiger partial charge on any atom is 0.498 e. The molecule has 0 aromatic carbocycles. The topological polar surface area (TPSA) is 106 Å². The highest BCUT2D eigenvalue weighted by molar-refractivity contribution is 6.61. The van der Waals surface area contributed by atoms with Crippen molar-refractivity contribution in [2.75, 3.05) is 24.5 Å². The lowest BCUT2D eigenvalue weighted by Crippen LogP contribution is -2.54. The molecule has 1 N–H and O–H groups in total. The van der Waals surface area contributed by atoms with Gasteiger partial charge in [-0.25, -0.2) is 14.8 Å². The Hall–Kier alpha value is -2.40. The van der Waals surface area contributed by atoms with Gasteiger partial charge in [0.05, 0.1) is 11.2 Å². The molecule has 0 saturated carbocycles. The lowest BCUT2D eigenvalue weighted by atomic mass is 9.81. The summed E-state index contributed by atoms with van der Waals surface area (Å²) in [6.07, 6.45) is 4.78. The van der Waals surface area contributed by atoms with Gasteiger partial charge in [0, 0.05) is 43.5 Å². The van der Waals surface area contributed by atoms with Gasteiger partial charge in [0.15, 0.2) is 0 Å². The fraction of sp³-hybridized carbons (Fsp3) is 0.793. The first-order valence-electron chi connectivity index (χ1n) is 14.6. The van der Waals surface area contributed by atoms with Crippen LogP contribution in [0.25, 0.3) is 0 Å². The zero-order valence-corrected chi connectivity index (χ0v) is 26.4. The van der Waals surface area contributed by atoms with E-state index in [1.807, 2.05) is 67.2 Å². The average Bonchev–Trinajstić information content (AvgIpc) is 3.06. The molecule has 224 valence electrons. The number of ether oxygens (including phenoxy) is 1. The number of likely N-dealkylation sites (tertiary alicyclic amines) is 1. The Morgan fingerprint density at radius 3 is 2.05 bits per heavy atom. The normalized spacial score (nSPS) is 20.1. The van der Waals surface area contributed by atoms with Gasteiger partial charge in [-0.2, -0.15) is 0 Å². The van der Waals surface area contributed by atoms with Crippen LogP contribution in [0.1, 0.15) is 89.0 Å². The van der Waals surface area contributed by atoms with Crippen LogP contribution in [0.2, 0.25) is 0 Å². The SMILES string of the molecule is CC(C)[C@H](NC(=O)OC(C)(C)C)C(=O)N1CCC(CN(c2ncc(B3OC(C)(C)C(C)(C)O3)cn2)C(C)C)CC1. The fourth-order valence-corrected chi connectivity index (χ4v) is 4.86. The monoisotopic (exact) mass is 559 g/mol. The van der Waals surface area contributed by atoms with E-state index in [0.29, 0.717) is 25.0 Å². The first-order valence-corrected chi connectivity index (χ1v) is 14.6. The smallest absolute Gasteiger partial charge is 0.444 e. The second kappa shape index (κ2) is 12.2. The predicted molar refractivity (Wildman–Crippen MR) is 158 cm³/mol. The molecule has 10 nitrogen and oxygen atoms in total. The number of hydrogen-bond acceptors (Lipinski definition) is 8. The zero-order chi connectivity index (χ0) is 30.0. The lowest BCUT2D eigenvalue weighted by Gasteiger charge is -2.38. The number of amides is 2. The summed E-state index contributed by atoms with van der Waals surface area (Å²) in [4.78, 5) is 39.1. The second-order valence-corrected chi connectivity index (χ2v) is 13.8. The van der Waals surface area contributed by atoms with Gasteiger partial charge in [-0.15, -0.1) is 0 Å². The highest BCUT2D eigenvalue weighted by Crippen LogP contribution is 2.36. The van der Waals surface area contributed by atoms with Crippen LogP contribution in [0.3, 0.4) is 0 Å². The maximum atomic E-state index is 13.3. The highest BCUT2D eigenvalue weighted by Gasteiger charge is 2.52. The Kier molecular flexibility index (Phi) is 9.82. The van der Waals surface area contributed by atoms with E-state index in [4.69, 9.17) is 14.0 Å². The Morgan fingerprint density at radius 2 is 1.60 bits per heavy atom. The summed E-state index contributed by atoms with van der Waals surface area (Å²) >= 11 is 0. The molecule has 40 heavy (non-hydrogen) atoms. The molecule has 0 aliphatic carbocycles. The number of anilines is 1. The minimum atomic E-state index is -0.620. The van der Waals surface area contributed by atoms with E-state index >= 15 is 0 Å². The van der Waals surface area contributed by atoms with Crippen molar-refractivity contribution in [1.82, 2.24) is 20.2 Å². The van der Waals surface area contributed by atoms with Gasteiger partial charge in [-0.1, -0.05) is 13.8 Å². The van der Waals surface area contributed by atoms with Gasteiger partial charge in [-0.05, 0) is 87.0 Å². The molecule has 2 saturated heterocycles. The van der Waals surface area contributed by atoms with Crippen molar-refractivity contribution < 1.29 is 23.6 Å². The van der Waals surface area contributed by atoms with Gasteiger partial charge in [-0.3, -0.25) is 4.79 Å². The number of nitrogens with zero attached hydrogens (tertiary/aromatic N) is 4. The van der Waals surface area contributed by atoms with Crippen LogP contribution in [-0.2, 0) is 18.8 Å². The molecule has 2 aliphatic heterocycles.